The molecule has 3 aliphatic carbocycles. The molecule has 0 bridgehead atoms. The van der Waals surface area contributed by atoms with Crippen LogP contribution in [0.3, 0.4) is 0 Å². The van der Waals surface area contributed by atoms with Crippen molar-refractivity contribution in [1.82, 2.24) is 10.1 Å². The summed E-state index contributed by atoms with van der Waals surface area (Å²) in [4.78, 5) is 68.3. The van der Waals surface area contributed by atoms with Gasteiger partial charge in [-0.15, -0.1) is 0 Å². The highest BCUT2D eigenvalue weighted by Gasteiger charge is 2.69. The Morgan fingerprint density at radius 3 is 2.55 bits per heavy atom. The van der Waals surface area contributed by atoms with E-state index in [0.29, 0.717) is 22.4 Å². The Labute approximate surface area is 250 Å². The van der Waals surface area contributed by atoms with Gasteiger partial charge in [-0.3, -0.25) is 28.9 Å². The number of ketones is 4. The standard InChI is InChI=1S/C31H30N4O9/c1-35(2)24-18-12-14-11-17-16(13-4-3-5-15(10-13)34-30(42)20-8-9-33-44-20)6-7-19(36)22(17)25(37)21(14)27(39)31(18,43)28(40)23(26(24)38)29(32)41/h3-10,14,18,21,23-24,30,34,36,42-43H,11-12H2,1-2H3,(H2,32,41)/t14-,18-,21?,23?,24-,30?,31-/m0/s1. The molecule has 0 saturated heterocycles. The van der Waals surface area contributed by atoms with Crippen LogP contribution in [-0.4, -0.2) is 80.2 Å². The second-order valence-electron chi connectivity index (χ2n) is 11.8. The summed E-state index contributed by atoms with van der Waals surface area (Å²) in [5.41, 5.74) is 4.69. The van der Waals surface area contributed by atoms with E-state index in [-0.39, 0.29) is 29.9 Å². The summed E-state index contributed by atoms with van der Waals surface area (Å²) in [6.07, 6.45) is 0.282. The number of aliphatic hydroxyl groups excluding tert-OH is 1. The smallest absolute Gasteiger partial charge is 0.235 e. The lowest BCUT2D eigenvalue weighted by Crippen LogP contribution is -2.74. The van der Waals surface area contributed by atoms with Crippen molar-refractivity contribution in [2.75, 3.05) is 19.4 Å². The fourth-order valence-corrected chi connectivity index (χ4v) is 7.25. The van der Waals surface area contributed by atoms with Crippen LogP contribution in [0.4, 0.5) is 5.69 Å². The minimum atomic E-state index is -2.78. The van der Waals surface area contributed by atoms with Gasteiger partial charge in [0.25, 0.3) is 0 Å². The number of carbonyl (C=O) groups excluding carboxylic acids is 5. The fourth-order valence-electron chi connectivity index (χ4n) is 7.25. The lowest BCUT2D eigenvalue weighted by molar-refractivity contribution is -0.181. The number of phenolic OH excluding ortho intramolecular Hbond substituents is 1. The first kappa shape index (κ1) is 29.4. The molecule has 228 valence electrons. The molecule has 1 heterocycles. The number of aliphatic hydroxyl groups is 2. The fraction of sp³-hybridized carbons (Fsp3) is 0.355. The molecule has 13 nitrogen and oxygen atoms in total. The predicted molar refractivity (Wildman–Crippen MR) is 152 cm³/mol. The Hall–Kier alpha value is -4.72. The van der Waals surface area contributed by atoms with Crippen LogP contribution in [0.15, 0.2) is 53.2 Å². The van der Waals surface area contributed by atoms with E-state index in [1.807, 2.05) is 0 Å². The number of nitrogens with two attached hydrogens (primary N) is 1. The first-order chi connectivity index (χ1) is 20.9. The maximum Gasteiger partial charge on any atom is 0.235 e. The van der Waals surface area contributed by atoms with Gasteiger partial charge in [0, 0.05) is 17.7 Å². The summed E-state index contributed by atoms with van der Waals surface area (Å²) in [5, 5.41) is 39.5. The van der Waals surface area contributed by atoms with Gasteiger partial charge in [0.05, 0.1) is 23.7 Å². The zero-order valence-corrected chi connectivity index (χ0v) is 23.8. The summed E-state index contributed by atoms with van der Waals surface area (Å²) >= 11 is 0. The molecule has 0 spiro atoms. The van der Waals surface area contributed by atoms with Gasteiger partial charge in [-0.25, -0.2) is 0 Å². The van der Waals surface area contributed by atoms with Gasteiger partial charge in [-0.1, -0.05) is 23.4 Å². The molecule has 3 aromatic rings. The van der Waals surface area contributed by atoms with Crippen molar-refractivity contribution >= 4 is 34.7 Å². The lowest BCUT2D eigenvalue weighted by Gasteiger charge is -2.52. The predicted octanol–water partition coefficient (Wildman–Crippen LogP) is 0.625. The highest BCUT2D eigenvalue weighted by atomic mass is 16.5. The van der Waals surface area contributed by atoms with Crippen LogP contribution >= 0.6 is 0 Å². The number of likely N-dealkylation sites (N-methyl/N-ethyl adjacent to an activating group) is 1. The second-order valence-corrected chi connectivity index (χ2v) is 11.8. The summed E-state index contributed by atoms with van der Waals surface area (Å²) in [6.45, 7) is 0. The average molecular weight is 603 g/mol. The van der Waals surface area contributed by atoms with Crippen LogP contribution < -0.4 is 11.1 Å². The van der Waals surface area contributed by atoms with E-state index in [2.05, 4.69) is 10.5 Å². The largest absolute Gasteiger partial charge is 0.507 e. The van der Waals surface area contributed by atoms with Crippen molar-refractivity contribution < 1.29 is 43.8 Å². The molecule has 44 heavy (non-hydrogen) atoms. The molecule has 6 rings (SSSR count). The van der Waals surface area contributed by atoms with Crippen molar-refractivity contribution in [3.63, 3.8) is 0 Å². The Morgan fingerprint density at radius 2 is 1.89 bits per heavy atom. The maximum absolute atomic E-state index is 14.0. The van der Waals surface area contributed by atoms with E-state index in [4.69, 9.17) is 10.3 Å². The van der Waals surface area contributed by atoms with E-state index in [9.17, 15) is 39.3 Å². The van der Waals surface area contributed by atoms with Gasteiger partial charge in [-0.2, -0.15) is 0 Å². The van der Waals surface area contributed by atoms with Crippen LogP contribution in [0.5, 0.6) is 5.75 Å². The van der Waals surface area contributed by atoms with Crippen molar-refractivity contribution in [2.24, 2.45) is 29.4 Å². The molecule has 0 radical (unpaired) electrons. The zero-order chi connectivity index (χ0) is 31.7. The molecule has 2 aromatic carbocycles. The number of nitrogens with zero attached hydrogens (tertiary/aromatic N) is 2. The maximum atomic E-state index is 14.0. The molecule has 6 N–H and O–H groups in total. The molecule has 2 saturated carbocycles. The Bertz CT molecular complexity index is 1720. The van der Waals surface area contributed by atoms with Gasteiger partial charge in [0.1, 0.15) is 5.75 Å². The number of anilines is 1. The van der Waals surface area contributed by atoms with Crippen LogP contribution in [0.2, 0.25) is 0 Å². The van der Waals surface area contributed by atoms with Crippen LogP contribution in [0.25, 0.3) is 11.1 Å². The number of fused-ring (bicyclic) bond motifs is 3. The number of hydrogen-bond acceptors (Lipinski definition) is 12. The molecule has 1 aromatic heterocycles. The van der Waals surface area contributed by atoms with E-state index in [1.165, 1.54) is 37.3 Å². The first-order valence-electron chi connectivity index (χ1n) is 14.0. The number of rotatable bonds is 6. The van der Waals surface area contributed by atoms with Gasteiger partial charge < -0.3 is 30.9 Å². The zero-order valence-electron chi connectivity index (χ0n) is 23.8. The number of Topliss-reactive ketones (excluding diaryl/α,β-unsaturated/α-hetero) is 4. The number of primary amides is 1. The summed E-state index contributed by atoms with van der Waals surface area (Å²) in [6, 6.07) is 10.3. The topological polar surface area (TPSA) is 213 Å². The van der Waals surface area contributed by atoms with Crippen molar-refractivity contribution in [3.05, 3.63) is 65.5 Å². The summed E-state index contributed by atoms with van der Waals surface area (Å²) < 4.78 is 5.00. The molecule has 13 heteroatoms. The Morgan fingerprint density at radius 1 is 1.14 bits per heavy atom. The number of amides is 1. The molecule has 2 fully saturated rings. The molecule has 3 unspecified atom stereocenters. The quantitative estimate of drug-likeness (QED) is 0.194. The van der Waals surface area contributed by atoms with Crippen molar-refractivity contribution in [3.8, 4) is 16.9 Å². The number of nitrogens with one attached hydrogen (secondary N) is 1. The van der Waals surface area contributed by atoms with Crippen molar-refractivity contribution in [1.29, 1.82) is 0 Å². The molecule has 3 aliphatic rings. The van der Waals surface area contributed by atoms with Gasteiger partial charge in [0.2, 0.25) is 5.91 Å². The number of aromatic nitrogens is 1. The second kappa shape index (κ2) is 10.5. The monoisotopic (exact) mass is 602 g/mol. The third kappa shape index (κ3) is 4.26. The van der Waals surface area contributed by atoms with E-state index in [1.54, 1.807) is 30.3 Å². The highest BCUT2D eigenvalue weighted by molar-refractivity contribution is 6.32. The molecule has 0 aliphatic heterocycles. The highest BCUT2D eigenvalue weighted by Crippen LogP contribution is 2.51. The first-order valence-corrected chi connectivity index (χ1v) is 14.0. The minimum Gasteiger partial charge on any atom is -0.507 e. The third-order valence-corrected chi connectivity index (χ3v) is 9.15. The number of aromatic hydroxyl groups is 1. The van der Waals surface area contributed by atoms with E-state index >= 15 is 0 Å². The normalized spacial score (nSPS) is 28.7. The van der Waals surface area contributed by atoms with Crippen molar-refractivity contribution in [2.45, 2.75) is 30.7 Å². The molecular weight excluding hydrogens is 572 g/mol. The van der Waals surface area contributed by atoms with Gasteiger partial charge in [0.15, 0.2) is 46.6 Å². The number of hydrogen-bond donors (Lipinski definition) is 5. The van der Waals surface area contributed by atoms with E-state index in [0.717, 1.165) is 0 Å². The Kier molecular flexibility index (Phi) is 6.99. The summed E-state index contributed by atoms with van der Waals surface area (Å²) in [7, 11) is 3.07. The number of carbonyl (C=O) groups is 5. The van der Waals surface area contributed by atoms with Gasteiger partial charge >= 0.3 is 0 Å². The summed E-state index contributed by atoms with van der Waals surface area (Å²) in [5.74, 6) is -10.8. The molecule has 7 atom stereocenters. The molecular formula is C31H30N4O9. The Balaban J connectivity index is 1.41. The number of phenols is 1. The van der Waals surface area contributed by atoms with Gasteiger partial charge in [-0.05, 0) is 67.7 Å². The lowest BCUT2D eigenvalue weighted by atomic mass is 9.52. The van der Waals surface area contributed by atoms with E-state index < -0.39 is 70.6 Å². The van der Waals surface area contributed by atoms with Crippen LogP contribution in [0.1, 0.15) is 34.3 Å². The number of benzene rings is 2. The van der Waals surface area contributed by atoms with Crippen LogP contribution in [-0.2, 0) is 25.6 Å². The molecule has 1 amide bonds. The minimum absolute atomic E-state index is 0.0516. The SMILES string of the molecule is CN(C)[C@@H]1C(=O)C(C(N)=O)C(=O)[C@@]2(O)C(=O)C3C(=O)c4c(O)ccc(-c5cccc(NC(O)c6ccno6)c5)c4C[C@H]3C[C@@H]12. The van der Waals surface area contributed by atoms with Crippen LogP contribution in [0, 0.1) is 23.7 Å². The average Bonchev–Trinajstić information content (AvgIpc) is 3.50. The third-order valence-electron chi connectivity index (χ3n) is 9.15.